The Kier molecular flexibility index (Phi) is 4.70. The van der Waals surface area contributed by atoms with Gasteiger partial charge in [-0.1, -0.05) is 0 Å². The normalized spacial score (nSPS) is 17.9. The summed E-state index contributed by atoms with van der Waals surface area (Å²) < 4.78 is 50.4. The minimum atomic E-state index is -3.22. The molecule has 0 bridgehead atoms. The Hall–Kier alpha value is -1.38. The van der Waals surface area contributed by atoms with Gasteiger partial charge in [-0.25, -0.2) is 17.2 Å². The highest BCUT2D eigenvalue weighted by Crippen LogP contribution is 2.12. The van der Waals surface area contributed by atoms with Crippen molar-refractivity contribution < 1.29 is 22.0 Å². The van der Waals surface area contributed by atoms with Gasteiger partial charge in [-0.05, 0) is 12.1 Å². The standard InChI is InChI=1S/C13H16F2N2O3S/c1-21(19,20)17-6-4-16(5-7-17)9-13(18)11-3-2-10(14)8-12(11)15/h2-3,8H,4-7,9H2,1H3. The van der Waals surface area contributed by atoms with E-state index in [1.165, 1.54) is 4.31 Å². The number of Topliss-reactive ketones (excluding diaryl/α,β-unsaturated/α-hetero) is 1. The molecule has 2 rings (SSSR count). The SMILES string of the molecule is CS(=O)(=O)N1CCN(CC(=O)c2ccc(F)cc2F)CC1. The molecule has 0 N–H and O–H groups in total. The van der Waals surface area contributed by atoms with E-state index in [9.17, 15) is 22.0 Å². The van der Waals surface area contributed by atoms with Gasteiger partial charge in [-0.3, -0.25) is 9.69 Å². The molecule has 0 saturated carbocycles. The van der Waals surface area contributed by atoms with Crippen molar-refractivity contribution in [1.29, 1.82) is 0 Å². The van der Waals surface area contributed by atoms with E-state index in [0.29, 0.717) is 32.2 Å². The number of rotatable bonds is 4. The van der Waals surface area contributed by atoms with Crippen LogP contribution in [0.5, 0.6) is 0 Å². The van der Waals surface area contributed by atoms with Crippen molar-refractivity contribution in [1.82, 2.24) is 9.21 Å². The number of carbonyl (C=O) groups is 1. The van der Waals surface area contributed by atoms with E-state index in [0.717, 1.165) is 18.4 Å². The van der Waals surface area contributed by atoms with Gasteiger partial charge in [0.1, 0.15) is 11.6 Å². The van der Waals surface area contributed by atoms with Gasteiger partial charge in [-0.2, -0.15) is 4.31 Å². The number of carbonyl (C=O) groups excluding carboxylic acids is 1. The molecular formula is C13H16F2N2O3S. The van der Waals surface area contributed by atoms with Crippen molar-refractivity contribution in [3.8, 4) is 0 Å². The quantitative estimate of drug-likeness (QED) is 0.768. The van der Waals surface area contributed by atoms with Crippen molar-refractivity contribution >= 4 is 15.8 Å². The lowest BCUT2D eigenvalue weighted by Crippen LogP contribution is -2.49. The molecule has 21 heavy (non-hydrogen) atoms. The summed E-state index contributed by atoms with van der Waals surface area (Å²) in [6.07, 6.45) is 1.14. The van der Waals surface area contributed by atoms with Crippen LogP contribution in [0.25, 0.3) is 0 Å². The average Bonchev–Trinajstić information content (AvgIpc) is 2.38. The van der Waals surface area contributed by atoms with Crippen LogP contribution in [0.4, 0.5) is 8.78 Å². The molecule has 0 aliphatic carbocycles. The molecule has 0 radical (unpaired) electrons. The number of sulfonamides is 1. The second-order valence-corrected chi connectivity index (χ2v) is 6.97. The Morgan fingerprint density at radius 2 is 1.81 bits per heavy atom. The van der Waals surface area contributed by atoms with Gasteiger partial charge >= 0.3 is 0 Å². The summed E-state index contributed by atoms with van der Waals surface area (Å²) in [5.74, 6) is -2.05. The zero-order chi connectivity index (χ0) is 15.6. The molecule has 1 aromatic rings. The van der Waals surface area contributed by atoms with Crippen molar-refractivity contribution in [2.75, 3.05) is 39.0 Å². The predicted octanol–water partition coefficient (Wildman–Crippen LogP) is 0.725. The van der Waals surface area contributed by atoms with Crippen LogP contribution in [-0.4, -0.2) is 62.4 Å². The second-order valence-electron chi connectivity index (χ2n) is 4.99. The minimum Gasteiger partial charge on any atom is -0.293 e. The zero-order valence-corrected chi connectivity index (χ0v) is 12.4. The van der Waals surface area contributed by atoms with Crippen LogP contribution in [0.1, 0.15) is 10.4 Å². The topological polar surface area (TPSA) is 57.7 Å². The van der Waals surface area contributed by atoms with Crippen molar-refractivity contribution in [2.45, 2.75) is 0 Å². The third-order valence-electron chi connectivity index (χ3n) is 3.40. The first-order valence-corrected chi connectivity index (χ1v) is 8.28. The molecule has 8 heteroatoms. The third-order valence-corrected chi connectivity index (χ3v) is 4.70. The van der Waals surface area contributed by atoms with E-state index in [-0.39, 0.29) is 12.1 Å². The van der Waals surface area contributed by atoms with E-state index in [1.807, 2.05) is 0 Å². The molecule has 0 amide bonds. The number of halogens is 2. The summed E-state index contributed by atoms with van der Waals surface area (Å²) in [5.41, 5.74) is -0.151. The number of benzene rings is 1. The van der Waals surface area contributed by atoms with Crippen molar-refractivity contribution in [3.63, 3.8) is 0 Å². The highest BCUT2D eigenvalue weighted by atomic mass is 32.2. The van der Waals surface area contributed by atoms with E-state index in [2.05, 4.69) is 0 Å². The highest BCUT2D eigenvalue weighted by Gasteiger charge is 2.25. The Morgan fingerprint density at radius 3 is 2.33 bits per heavy atom. The van der Waals surface area contributed by atoms with E-state index < -0.39 is 27.4 Å². The van der Waals surface area contributed by atoms with Gasteiger partial charge in [0.2, 0.25) is 10.0 Å². The predicted molar refractivity (Wildman–Crippen MR) is 73.5 cm³/mol. The fourth-order valence-corrected chi connectivity index (χ4v) is 3.05. The van der Waals surface area contributed by atoms with Gasteiger partial charge in [0, 0.05) is 32.2 Å². The summed E-state index contributed by atoms with van der Waals surface area (Å²) in [5, 5.41) is 0. The molecule has 0 atom stereocenters. The number of piperazine rings is 1. The molecule has 1 aromatic carbocycles. The summed E-state index contributed by atoms with van der Waals surface area (Å²) in [7, 11) is -3.22. The van der Waals surface area contributed by atoms with E-state index >= 15 is 0 Å². The number of ketones is 1. The van der Waals surface area contributed by atoms with Crippen LogP contribution in [0.2, 0.25) is 0 Å². The number of hydrogen-bond donors (Lipinski definition) is 0. The summed E-state index contributed by atoms with van der Waals surface area (Å²) in [6.45, 7) is 1.40. The monoisotopic (exact) mass is 318 g/mol. The summed E-state index contributed by atoms with van der Waals surface area (Å²) in [4.78, 5) is 13.7. The lowest BCUT2D eigenvalue weighted by Gasteiger charge is -2.32. The summed E-state index contributed by atoms with van der Waals surface area (Å²) >= 11 is 0. The first-order chi connectivity index (χ1) is 9.77. The number of nitrogens with zero attached hydrogens (tertiary/aromatic N) is 2. The smallest absolute Gasteiger partial charge is 0.211 e. The fraction of sp³-hybridized carbons (Fsp3) is 0.462. The largest absolute Gasteiger partial charge is 0.293 e. The van der Waals surface area contributed by atoms with Crippen LogP contribution < -0.4 is 0 Å². The molecule has 116 valence electrons. The maximum Gasteiger partial charge on any atom is 0.211 e. The maximum absolute atomic E-state index is 13.5. The molecule has 1 saturated heterocycles. The van der Waals surface area contributed by atoms with Gasteiger partial charge < -0.3 is 0 Å². The average molecular weight is 318 g/mol. The lowest BCUT2D eigenvalue weighted by molar-refractivity contribution is 0.0898. The summed E-state index contributed by atoms with van der Waals surface area (Å²) in [6, 6.07) is 2.84. The highest BCUT2D eigenvalue weighted by molar-refractivity contribution is 7.88. The Morgan fingerprint density at radius 1 is 1.19 bits per heavy atom. The molecular weight excluding hydrogens is 302 g/mol. The van der Waals surface area contributed by atoms with E-state index in [4.69, 9.17) is 0 Å². The Bertz CT molecular complexity index is 641. The Labute approximate surface area is 122 Å². The van der Waals surface area contributed by atoms with Crippen molar-refractivity contribution in [2.24, 2.45) is 0 Å². The van der Waals surface area contributed by atoms with Crippen LogP contribution in [-0.2, 0) is 10.0 Å². The van der Waals surface area contributed by atoms with Gasteiger partial charge in [-0.15, -0.1) is 0 Å². The van der Waals surface area contributed by atoms with Crippen molar-refractivity contribution in [3.05, 3.63) is 35.4 Å². The zero-order valence-electron chi connectivity index (χ0n) is 11.6. The first-order valence-electron chi connectivity index (χ1n) is 6.43. The number of hydrogen-bond acceptors (Lipinski definition) is 4. The van der Waals surface area contributed by atoms with Gasteiger partial charge in [0.15, 0.2) is 5.78 Å². The van der Waals surface area contributed by atoms with E-state index in [1.54, 1.807) is 4.90 Å². The van der Waals surface area contributed by atoms with Gasteiger partial charge in [0.05, 0.1) is 18.4 Å². The van der Waals surface area contributed by atoms with Crippen LogP contribution in [0.3, 0.4) is 0 Å². The first kappa shape index (κ1) is 16.0. The molecule has 1 fully saturated rings. The lowest BCUT2D eigenvalue weighted by atomic mass is 10.1. The molecule has 0 unspecified atom stereocenters. The van der Waals surface area contributed by atoms with Crippen LogP contribution in [0, 0.1) is 11.6 Å². The van der Waals surface area contributed by atoms with Crippen LogP contribution >= 0.6 is 0 Å². The van der Waals surface area contributed by atoms with Crippen LogP contribution in [0.15, 0.2) is 18.2 Å². The fourth-order valence-electron chi connectivity index (χ4n) is 2.22. The minimum absolute atomic E-state index is 0.0137. The molecule has 0 spiro atoms. The molecule has 1 aliphatic rings. The third kappa shape index (κ3) is 4.05. The second kappa shape index (κ2) is 6.17. The molecule has 0 aromatic heterocycles. The molecule has 1 aliphatic heterocycles. The Balaban J connectivity index is 1.96. The van der Waals surface area contributed by atoms with Gasteiger partial charge in [0.25, 0.3) is 0 Å². The maximum atomic E-state index is 13.5. The molecule has 1 heterocycles. The molecule has 5 nitrogen and oxygen atoms in total.